The van der Waals surface area contributed by atoms with E-state index in [1.807, 2.05) is 12.1 Å². The second-order valence-corrected chi connectivity index (χ2v) is 7.69. The van der Waals surface area contributed by atoms with E-state index in [9.17, 15) is 0 Å². The molecule has 0 amide bonds. The lowest BCUT2D eigenvalue weighted by atomic mass is 10.0. The molecule has 1 unspecified atom stereocenters. The van der Waals surface area contributed by atoms with Gasteiger partial charge in [-0.25, -0.2) is 4.98 Å². The minimum absolute atomic E-state index is 0.273. The van der Waals surface area contributed by atoms with E-state index >= 15 is 0 Å². The number of hydrogen-bond donors (Lipinski definition) is 1. The Morgan fingerprint density at radius 3 is 2.71 bits per heavy atom. The summed E-state index contributed by atoms with van der Waals surface area (Å²) >= 11 is 11.6. The fraction of sp³-hybridized carbons (Fsp3) is 0.438. The Morgan fingerprint density at radius 2 is 2.14 bits per heavy atom. The Balaban J connectivity index is 2.26. The highest BCUT2D eigenvalue weighted by molar-refractivity contribution is 9.10. The predicted molar refractivity (Wildman–Crippen MR) is 95.5 cm³/mol. The van der Waals surface area contributed by atoms with Gasteiger partial charge in [-0.2, -0.15) is 0 Å². The first-order valence-corrected chi connectivity index (χ1v) is 9.11. The van der Waals surface area contributed by atoms with Crippen LogP contribution in [0.3, 0.4) is 0 Å². The SMILES string of the molecule is CCCNC(Cc1ccc(Br)cc1Cl)c1sc(C)nc1C. The third-order valence-corrected chi connectivity index (χ3v) is 5.37. The first-order chi connectivity index (χ1) is 10.0. The molecule has 0 aliphatic rings. The molecule has 114 valence electrons. The Labute approximate surface area is 144 Å². The largest absolute Gasteiger partial charge is 0.309 e. The summed E-state index contributed by atoms with van der Waals surface area (Å²) in [4.78, 5) is 5.88. The molecule has 0 bridgehead atoms. The van der Waals surface area contributed by atoms with Crippen molar-refractivity contribution in [1.82, 2.24) is 10.3 Å². The quantitative estimate of drug-likeness (QED) is 0.712. The predicted octanol–water partition coefficient (Wildman–Crippen LogP) is 5.46. The summed E-state index contributed by atoms with van der Waals surface area (Å²) in [6.07, 6.45) is 2.00. The summed E-state index contributed by atoms with van der Waals surface area (Å²) in [6.45, 7) is 7.32. The van der Waals surface area contributed by atoms with Crippen molar-refractivity contribution in [3.63, 3.8) is 0 Å². The van der Waals surface area contributed by atoms with Crippen LogP contribution in [0.5, 0.6) is 0 Å². The molecule has 21 heavy (non-hydrogen) atoms. The smallest absolute Gasteiger partial charge is 0.0900 e. The molecule has 0 saturated carbocycles. The van der Waals surface area contributed by atoms with Gasteiger partial charge in [0.2, 0.25) is 0 Å². The van der Waals surface area contributed by atoms with Gasteiger partial charge >= 0.3 is 0 Å². The lowest BCUT2D eigenvalue weighted by Gasteiger charge is -2.18. The van der Waals surface area contributed by atoms with Crippen LogP contribution in [0.2, 0.25) is 5.02 Å². The van der Waals surface area contributed by atoms with Gasteiger partial charge in [-0.3, -0.25) is 0 Å². The maximum atomic E-state index is 6.37. The Morgan fingerprint density at radius 1 is 1.38 bits per heavy atom. The van der Waals surface area contributed by atoms with Crippen LogP contribution in [0, 0.1) is 13.8 Å². The fourth-order valence-corrected chi connectivity index (χ4v) is 4.11. The van der Waals surface area contributed by atoms with Crippen LogP contribution >= 0.6 is 38.9 Å². The number of aryl methyl sites for hydroxylation is 2. The van der Waals surface area contributed by atoms with E-state index in [4.69, 9.17) is 11.6 Å². The lowest BCUT2D eigenvalue weighted by molar-refractivity contribution is 0.534. The van der Waals surface area contributed by atoms with E-state index in [-0.39, 0.29) is 6.04 Å². The highest BCUT2D eigenvalue weighted by atomic mass is 79.9. The third kappa shape index (κ3) is 4.52. The van der Waals surface area contributed by atoms with Crippen molar-refractivity contribution >= 4 is 38.9 Å². The minimum Gasteiger partial charge on any atom is -0.309 e. The van der Waals surface area contributed by atoms with Crippen LogP contribution in [0.15, 0.2) is 22.7 Å². The average molecular weight is 388 g/mol. The molecule has 5 heteroatoms. The van der Waals surface area contributed by atoms with Crippen molar-refractivity contribution in [2.45, 2.75) is 39.7 Å². The summed E-state index contributed by atoms with van der Waals surface area (Å²) in [5.41, 5.74) is 2.29. The summed E-state index contributed by atoms with van der Waals surface area (Å²) in [7, 11) is 0. The molecular formula is C16H20BrClN2S. The first kappa shape index (κ1) is 16.9. The van der Waals surface area contributed by atoms with Crippen molar-refractivity contribution in [3.8, 4) is 0 Å². The second-order valence-electron chi connectivity index (χ2n) is 5.13. The van der Waals surface area contributed by atoms with Crippen LogP contribution in [0.1, 0.15) is 40.5 Å². The fourth-order valence-electron chi connectivity index (χ4n) is 2.35. The van der Waals surface area contributed by atoms with E-state index < -0.39 is 0 Å². The van der Waals surface area contributed by atoms with Crippen LogP contribution in [0.25, 0.3) is 0 Å². The van der Waals surface area contributed by atoms with E-state index in [1.54, 1.807) is 11.3 Å². The highest BCUT2D eigenvalue weighted by Crippen LogP contribution is 2.30. The first-order valence-electron chi connectivity index (χ1n) is 7.12. The van der Waals surface area contributed by atoms with E-state index in [1.165, 1.54) is 10.4 Å². The lowest BCUT2D eigenvalue weighted by Crippen LogP contribution is -2.24. The number of aromatic nitrogens is 1. The highest BCUT2D eigenvalue weighted by Gasteiger charge is 2.18. The molecule has 0 saturated heterocycles. The van der Waals surface area contributed by atoms with Gasteiger partial charge in [0.05, 0.1) is 10.7 Å². The van der Waals surface area contributed by atoms with E-state index in [0.29, 0.717) is 0 Å². The molecule has 2 nitrogen and oxygen atoms in total. The molecular weight excluding hydrogens is 368 g/mol. The summed E-state index contributed by atoms with van der Waals surface area (Å²) in [6, 6.07) is 6.37. The molecule has 0 radical (unpaired) electrons. The monoisotopic (exact) mass is 386 g/mol. The third-order valence-electron chi connectivity index (χ3n) is 3.34. The maximum Gasteiger partial charge on any atom is 0.0900 e. The summed E-state index contributed by atoms with van der Waals surface area (Å²) in [5.74, 6) is 0. The summed E-state index contributed by atoms with van der Waals surface area (Å²) in [5, 5.41) is 5.56. The topological polar surface area (TPSA) is 24.9 Å². The Bertz CT molecular complexity index is 612. The molecule has 0 fully saturated rings. The molecule has 1 N–H and O–H groups in total. The van der Waals surface area contributed by atoms with Crippen LogP contribution < -0.4 is 5.32 Å². The van der Waals surface area contributed by atoms with Crippen LogP contribution in [-0.4, -0.2) is 11.5 Å². The standard InChI is InChI=1S/C16H20BrClN2S/c1-4-7-19-15(16-10(2)20-11(3)21-16)8-12-5-6-13(17)9-14(12)18/h5-6,9,15,19H,4,7-8H2,1-3H3. The van der Waals surface area contributed by atoms with Gasteiger partial charge in [-0.05, 0) is 50.9 Å². The number of nitrogens with one attached hydrogen (secondary N) is 1. The van der Waals surface area contributed by atoms with Crippen molar-refractivity contribution in [3.05, 3.63) is 48.8 Å². The molecule has 0 spiro atoms. The molecule has 1 aromatic carbocycles. The summed E-state index contributed by atoms with van der Waals surface area (Å²) < 4.78 is 1.01. The Kier molecular flexibility index (Phi) is 6.23. The molecule has 0 aliphatic carbocycles. The molecule has 1 heterocycles. The minimum atomic E-state index is 0.273. The number of nitrogens with zero attached hydrogens (tertiary/aromatic N) is 1. The van der Waals surface area contributed by atoms with Gasteiger partial charge < -0.3 is 5.32 Å². The zero-order valence-electron chi connectivity index (χ0n) is 12.5. The van der Waals surface area contributed by atoms with Gasteiger partial charge in [0.15, 0.2) is 0 Å². The van der Waals surface area contributed by atoms with Crippen LogP contribution in [-0.2, 0) is 6.42 Å². The van der Waals surface area contributed by atoms with Crippen molar-refractivity contribution in [1.29, 1.82) is 0 Å². The van der Waals surface area contributed by atoms with E-state index in [0.717, 1.165) is 39.6 Å². The number of benzene rings is 1. The van der Waals surface area contributed by atoms with Crippen molar-refractivity contribution in [2.75, 3.05) is 6.54 Å². The number of hydrogen-bond acceptors (Lipinski definition) is 3. The van der Waals surface area contributed by atoms with Gasteiger partial charge in [0.1, 0.15) is 0 Å². The van der Waals surface area contributed by atoms with Gasteiger partial charge in [-0.1, -0.05) is 40.5 Å². The zero-order valence-corrected chi connectivity index (χ0v) is 15.7. The number of thiazole rings is 1. The van der Waals surface area contributed by atoms with Gasteiger partial charge in [-0.15, -0.1) is 11.3 Å². The normalized spacial score (nSPS) is 12.6. The molecule has 0 aliphatic heterocycles. The average Bonchev–Trinajstić information content (AvgIpc) is 2.76. The molecule has 2 aromatic rings. The molecule has 2 rings (SSSR count). The van der Waals surface area contributed by atoms with Gasteiger partial charge in [0, 0.05) is 20.4 Å². The van der Waals surface area contributed by atoms with Gasteiger partial charge in [0.25, 0.3) is 0 Å². The number of halogens is 2. The zero-order chi connectivity index (χ0) is 15.4. The van der Waals surface area contributed by atoms with Crippen molar-refractivity contribution in [2.24, 2.45) is 0 Å². The van der Waals surface area contributed by atoms with Crippen LogP contribution in [0.4, 0.5) is 0 Å². The second kappa shape index (κ2) is 7.73. The van der Waals surface area contributed by atoms with E-state index in [2.05, 4.69) is 53.1 Å². The molecule has 1 atom stereocenters. The molecule has 1 aromatic heterocycles. The number of rotatable bonds is 6. The Hall–Kier alpha value is -0.420. The maximum absolute atomic E-state index is 6.37. The van der Waals surface area contributed by atoms with Crippen molar-refractivity contribution < 1.29 is 0 Å².